The number of benzene rings is 1. The quantitative estimate of drug-likeness (QED) is 0.680. The fourth-order valence-electron chi connectivity index (χ4n) is 1.99. The third-order valence-electron chi connectivity index (χ3n) is 3.52. The molecular formula is C14H9F4N3O3. The molecule has 0 radical (unpaired) electrons. The lowest BCUT2D eigenvalue weighted by atomic mass is 10.1. The number of halogens is 4. The van der Waals surface area contributed by atoms with Gasteiger partial charge in [0, 0.05) is 5.56 Å². The summed E-state index contributed by atoms with van der Waals surface area (Å²) in [7, 11) is 0. The molecule has 1 aromatic carbocycles. The number of aldehydes is 1. The minimum absolute atomic E-state index is 0.0797. The number of hydrogen-bond acceptors (Lipinski definition) is 5. The van der Waals surface area contributed by atoms with Crippen LogP contribution in [0.4, 0.5) is 17.6 Å². The van der Waals surface area contributed by atoms with Crippen molar-refractivity contribution >= 4 is 12.2 Å². The van der Waals surface area contributed by atoms with E-state index in [2.05, 4.69) is 20.0 Å². The molecule has 1 amide bonds. The molecule has 3 rings (SSSR count). The predicted octanol–water partition coefficient (Wildman–Crippen LogP) is 2.36. The second kappa shape index (κ2) is 5.39. The zero-order valence-electron chi connectivity index (χ0n) is 11.9. The number of amides is 1. The Kier molecular flexibility index (Phi) is 3.61. The summed E-state index contributed by atoms with van der Waals surface area (Å²) in [6.45, 7) is 0. The number of carbonyl (C=O) groups is 2. The van der Waals surface area contributed by atoms with Gasteiger partial charge >= 0.3 is 12.1 Å². The van der Waals surface area contributed by atoms with Crippen molar-refractivity contribution in [3.05, 3.63) is 35.5 Å². The molecule has 1 fully saturated rings. The van der Waals surface area contributed by atoms with E-state index in [1.54, 1.807) is 0 Å². The number of carbonyl (C=O) groups excluding carboxylic acids is 2. The maximum Gasteiger partial charge on any atom is 0.471 e. The van der Waals surface area contributed by atoms with Crippen molar-refractivity contribution in [2.75, 3.05) is 0 Å². The van der Waals surface area contributed by atoms with Gasteiger partial charge in [0.1, 0.15) is 12.1 Å². The summed E-state index contributed by atoms with van der Waals surface area (Å²) in [5.74, 6) is -3.83. The first-order chi connectivity index (χ1) is 11.2. The zero-order valence-corrected chi connectivity index (χ0v) is 11.9. The lowest BCUT2D eigenvalue weighted by Gasteiger charge is -2.10. The molecule has 24 heavy (non-hydrogen) atoms. The Morgan fingerprint density at radius 3 is 2.54 bits per heavy atom. The Bertz CT molecular complexity index is 812. The van der Waals surface area contributed by atoms with Gasteiger partial charge in [-0.1, -0.05) is 5.16 Å². The normalized spacial score (nSPS) is 15.8. The van der Waals surface area contributed by atoms with Crippen molar-refractivity contribution in [1.82, 2.24) is 15.5 Å². The third-order valence-corrected chi connectivity index (χ3v) is 3.52. The summed E-state index contributed by atoms with van der Waals surface area (Å²) < 4.78 is 55.4. The molecule has 2 aromatic rings. The van der Waals surface area contributed by atoms with Crippen LogP contribution < -0.4 is 5.32 Å². The van der Waals surface area contributed by atoms with Gasteiger partial charge in [0.2, 0.25) is 5.82 Å². The van der Waals surface area contributed by atoms with E-state index in [1.807, 2.05) is 0 Å². The Balaban J connectivity index is 1.83. The van der Waals surface area contributed by atoms with Crippen LogP contribution in [0.2, 0.25) is 0 Å². The Morgan fingerprint density at radius 1 is 1.33 bits per heavy atom. The summed E-state index contributed by atoms with van der Waals surface area (Å²) in [5.41, 5.74) is -1.33. The van der Waals surface area contributed by atoms with Crippen molar-refractivity contribution in [2.45, 2.75) is 24.6 Å². The molecule has 0 atom stereocenters. The molecule has 10 heteroatoms. The second-order valence-electron chi connectivity index (χ2n) is 5.34. The largest absolute Gasteiger partial charge is 0.471 e. The first-order valence-corrected chi connectivity index (χ1v) is 6.74. The summed E-state index contributed by atoms with van der Waals surface area (Å²) in [6.07, 6.45) is -3.21. The minimum Gasteiger partial charge on any atom is -0.340 e. The van der Waals surface area contributed by atoms with E-state index in [4.69, 9.17) is 0 Å². The van der Waals surface area contributed by atoms with Gasteiger partial charge in [-0.3, -0.25) is 4.79 Å². The standard InChI is InChI=1S/C14H9F4N3O3/c15-9-5-7(11(23)20-13(6-22)3-4-13)1-2-8(9)10-19-12(24-21-10)14(16,17)18/h1-2,5-6H,3-4H2,(H,20,23). The van der Waals surface area contributed by atoms with Gasteiger partial charge in [0.05, 0.1) is 11.1 Å². The molecule has 6 nitrogen and oxygen atoms in total. The first kappa shape index (κ1) is 16.1. The molecule has 1 heterocycles. The lowest BCUT2D eigenvalue weighted by molar-refractivity contribution is -0.159. The number of aromatic nitrogens is 2. The van der Waals surface area contributed by atoms with Gasteiger partial charge in [0.25, 0.3) is 5.91 Å². The highest BCUT2D eigenvalue weighted by molar-refractivity contribution is 5.97. The first-order valence-electron chi connectivity index (χ1n) is 6.74. The van der Waals surface area contributed by atoms with Crippen molar-refractivity contribution in [3.8, 4) is 11.4 Å². The van der Waals surface area contributed by atoms with Crippen LogP contribution in [0.25, 0.3) is 11.4 Å². The molecule has 1 aliphatic carbocycles. The van der Waals surface area contributed by atoms with Gasteiger partial charge in [-0.05, 0) is 31.0 Å². The predicted molar refractivity (Wildman–Crippen MR) is 70.2 cm³/mol. The molecule has 0 aliphatic heterocycles. The van der Waals surface area contributed by atoms with Crippen LogP contribution >= 0.6 is 0 Å². The fourth-order valence-corrected chi connectivity index (χ4v) is 1.99. The van der Waals surface area contributed by atoms with E-state index < -0.39 is 35.2 Å². The summed E-state index contributed by atoms with van der Waals surface area (Å²) in [6, 6.07) is 3.09. The molecule has 0 unspecified atom stereocenters. The van der Waals surface area contributed by atoms with Gasteiger partial charge in [-0.15, -0.1) is 0 Å². The Morgan fingerprint density at radius 2 is 2.04 bits per heavy atom. The monoisotopic (exact) mass is 343 g/mol. The number of nitrogens with zero attached hydrogens (tertiary/aromatic N) is 2. The molecule has 1 N–H and O–H groups in total. The molecule has 1 aromatic heterocycles. The van der Waals surface area contributed by atoms with Gasteiger partial charge in [-0.25, -0.2) is 4.39 Å². The number of nitrogens with one attached hydrogen (secondary N) is 1. The van der Waals surface area contributed by atoms with Crippen molar-refractivity contribution < 1.29 is 31.7 Å². The topological polar surface area (TPSA) is 85.1 Å². The molecule has 1 aliphatic rings. The third kappa shape index (κ3) is 2.99. The lowest BCUT2D eigenvalue weighted by Crippen LogP contribution is -2.38. The summed E-state index contributed by atoms with van der Waals surface area (Å²) >= 11 is 0. The highest BCUT2D eigenvalue weighted by Gasteiger charge is 2.44. The van der Waals surface area contributed by atoms with Crippen molar-refractivity contribution in [2.24, 2.45) is 0 Å². The molecule has 0 saturated heterocycles. The Hall–Kier alpha value is -2.78. The number of rotatable bonds is 4. The minimum atomic E-state index is -4.84. The van der Waals surface area contributed by atoms with E-state index in [-0.39, 0.29) is 11.1 Å². The number of alkyl halides is 3. The van der Waals surface area contributed by atoms with Crippen molar-refractivity contribution in [1.29, 1.82) is 0 Å². The smallest absolute Gasteiger partial charge is 0.340 e. The molecule has 0 bridgehead atoms. The van der Waals surface area contributed by atoms with E-state index in [0.717, 1.165) is 12.1 Å². The SMILES string of the molecule is O=CC1(NC(=O)c2ccc(-c3noc(C(F)(F)F)n3)c(F)c2)CC1. The van der Waals surface area contributed by atoms with Crippen LogP contribution in [-0.2, 0) is 11.0 Å². The molecule has 126 valence electrons. The molecular weight excluding hydrogens is 334 g/mol. The van der Waals surface area contributed by atoms with Crippen LogP contribution in [0.3, 0.4) is 0 Å². The molecule has 1 saturated carbocycles. The number of hydrogen-bond donors (Lipinski definition) is 1. The van der Waals surface area contributed by atoms with Crippen LogP contribution in [0, 0.1) is 5.82 Å². The average Bonchev–Trinajstić information content (AvgIpc) is 3.10. The average molecular weight is 343 g/mol. The van der Waals surface area contributed by atoms with Gasteiger partial charge in [-0.2, -0.15) is 18.2 Å². The van der Waals surface area contributed by atoms with Crippen LogP contribution in [0.15, 0.2) is 22.7 Å². The highest BCUT2D eigenvalue weighted by Crippen LogP contribution is 2.33. The highest BCUT2D eigenvalue weighted by atomic mass is 19.4. The van der Waals surface area contributed by atoms with E-state index in [1.165, 1.54) is 6.07 Å². The van der Waals surface area contributed by atoms with Crippen molar-refractivity contribution in [3.63, 3.8) is 0 Å². The van der Waals surface area contributed by atoms with Crippen LogP contribution in [-0.4, -0.2) is 27.9 Å². The Labute approximate surface area is 131 Å². The summed E-state index contributed by atoms with van der Waals surface area (Å²) in [4.78, 5) is 25.9. The maximum absolute atomic E-state index is 14.1. The van der Waals surface area contributed by atoms with Gasteiger partial charge in [0.15, 0.2) is 0 Å². The maximum atomic E-state index is 14.1. The van der Waals surface area contributed by atoms with Gasteiger partial charge < -0.3 is 14.6 Å². The molecule has 0 spiro atoms. The zero-order chi connectivity index (χ0) is 17.5. The van der Waals surface area contributed by atoms with Crippen LogP contribution in [0.5, 0.6) is 0 Å². The summed E-state index contributed by atoms with van der Waals surface area (Å²) in [5, 5.41) is 5.55. The van der Waals surface area contributed by atoms with Crippen LogP contribution in [0.1, 0.15) is 29.1 Å². The fraction of sp³-hybridized carbons (Fsp3) is 0.286. The second-order valence-corrected chi connectivity index (χ2v) is 5.34. The van der Waals surface area contributed by atoms with E-state index in [0.29, 0.717) is 19.1 Å². The van der Waals surface area contributed by atoms with E-state index >= 15 is 0 Å². The van der Waals surface area contributed by atoms with E-state index in [9.17, 15) is 27.2 Å².